The Balaban J connectivity index is 1.23. The highest BCUT2D eigenvalue weighted by atomic mass is 16.3. The van der Waals surface area contributed by atoms with Gasteiger partial charge in [0.2, 0.25) is 5.89 Å². The lowest BCUT2D eigenvalue weighted by Crippen LogP contribution is -2.11. The maximum atomic E-state index is 6.58. The molecule has 3 nitrogen and oxygen atoms in total. The molecule has 1 heterocycles. The Morgan fingerprint density at radius 3 is 2.00 bits per heavy atom. The molecule has 0 saturated heterocycles. The fraction of sp³-hybridized carbons (Fsp3) is 0.0909. The quantitative estimate of drug-likeness (QED) is 0.144. The lowest BCUT2D eigenvalue weighted by molar-refractivity contribution is 0.584. The van der Waals surface area contributed by atoms with Crippen LogP contribution in [0.3, 0.4) is 0 Å². The van der Waals surface area contributed by atoms with Crippen molar-refractivity contribution in [2.24, 2.45) is 4.99 Å². The van der Waals surface area contributed by atoms with Crippen molar-refractivity contribution in [3.8, 4) is 33.7 Å². The Kier molecular flexibility index (Phi) is 7.03. The number of aliphatic imine (C=N–C) groups is 1. The summed E-state index contributed by atoms with van der Waals surface area (Å²) in [5, 5.41) is 4.83. The molecule has 0 aliphatic carbocycles. The first-order chi connectivity index (χ1) is 22.9. The third-order valence-corrected chi connectivity index (χ3v) is 8.94. The summed E-state index contributed by atoms with van der Waals surface area (Å²) in [4.78, 5) is 10.2. The van der Waals surface area contributed by atoms with E-state index in [4.69, 9.17) is 14.4 Å². The van der Waals surface area contributed by atoms with Gasteiger partial charge in [0.1, 0.15) is 5.52 Å². The van der Waals surface area contributed by atoms with Crippen molar-refractivity contribution < 1.29 is 4.42 Å². The van der Waals surface area contributed by atoms with Crippen molar-refractivity contribution in [2.75, 3.05) is 0 Å². The van der Waals surface area contributed by atoms with E-state index in [0.717, 1.165) is 39.0 Å². The molecule has 0 aliphatic heterocycles. The number of benzene rings is 7. The maximum absolute atomic E-state index is 6.58. The predicted molar refractivity (Wildman–Crippen MR) is 198 cm³/mol. The van der Waals surface area contributed by atoms with Crippen LogP contribution in [0.25, 0.3) is 66.4 Å². The second kappa shape index (κ2) is 11.5. The van der Waals surface area contributed by atoms with Crippen LogP contribution < -0.4 is 0 Å². The molecule has 3 heteroatoms. The fourth-order valence-corrected chi connectivity index (χ4v) is 6.37. The van der Waals surface area contributed by atoms with Gasteiger partial charge in [-0.25, -0.2) is 4.98 Å². The predicted octanol–water partition coefficient (Wildman–Crippen LogP) is 12.2. The fourth-order valence-electron chi connectivity index (χ4n) is 6.37. The number of hydrogen-bond acceptors (Lipinski definition) is 3. The summed E-state index contributed by atoms with van der Waals surface area (Å²) >= 11 is 0. The summed E-state index contributed by atoms with van der Waals surface area (Å²) in [5.41, 5.74) is 10.0. The number of aromatic nitrogens is 1. The monoisotopic (exact) mass is 606 g/mol. The summed E-state index contributed by atoms with van der Waals surface area (Å²) < 4.78 is 6.58. The second-order valence-electron chi connectivity index (χ2n) is 13.1. The zero-order chi connectivity index (χ0) is 32.0. The number of oxazole rings is 1. The minimum Gasteiger partial charge on any atom is -0.436 e. The molecule has 1 aromatic heterocycles. The number of nitrogens with zero attached hydrogens (tertiary/aromatic N) is 2. The van der Waals surface area contributed by atoms with Crippen LogP contribution in [0.5, 0.6) is 0 Å². The molecule has 47 heavy (non-hydrogen) atoms. The van der Waals surface area contributed by atoms with Crippen molar-refractivity contribution in [3.05, 3.63) is 157 Å². The molecule has 0 amide bonds. The molecule has 0 unspecified atom stereocenters. The van der Waals surface area contributed by atoms with Gasteiger partial charge in [0.05, 0.1) is 11.3 Å². The van der Waals surface area contributed by atoms with E-state index in [2.05, 4.69) is 136 Å². The van der Waals surface area contributed by atoms with Crippen molar-refractivity contribution in [2.45, 2.75) is 26.2 Å². The minimum absolute atomic E-state index is 0.0648. The van der Waals surface area contributed by atoms with Gasteiger partial charge in [-0.05, 0) is 79.5 Å². The molecule has 0 radical (unpaired) electrons. The molecule has 8 rings (SSSR count). The number of fused-ring (bicyclic) bond motifs is 4. The van der Waals surface area contributed by atoms with Gasteiger partial charge in [0.15, 0.2) is 5.58 Å². The average molecular weight is 607 g/mol. The molecular weight excluding hydrogens is 572 g/mol. The van der Waals surface area contributed by atoms with Crippen LogP contribution in [0, 0.1) is 0 Å². The zero-order valence-corrected chi connectivity index (χ0v) is 26.7. The van der Waals surface area contributed by atoms with Gasteiger partial charge < -0.3 is 4.42 Å². The maximum Gasteiger partial charge on any atom is 0.229 e. The summed E-state index contributed by atoms with van der Waals surface area (Å²) in [6.45, 7) is 6.69. The minimum atomic E-state index is -0.0648. The second-order valence-corrected chi connectivity index (χ2v) is 13.1. The summed E-state index contributed by atoms with van der Waals surface area (Å²) in [7, 11) is 0. The number of hydrogen-bond donors (Lipinski definition) is 0. The van der Waals surface area contributed by atoms with Crippen LogP contribution in [-0.2, 0) is 5.41 Å². The van der Waals surface area contributed by atoms with Crippen LogP contribution in [0.15, 0.2) is 155 Å². The smallest absolute Gasteiger partial charge is 0.229 e. The molecule has 0 spiro atoms. The summed E-state index contributed by atoms with van der Waals surface area (Å²) in [6.07, 6.45) is 1.97. The summed E-state index contributed by atoms with van der Waals surface area (Å²) in [5.74, 6) is 0.560. The van der Waals surface area contributed by atoms with Crippen LogP contribution in [0.1, 0.15) is 31.9 Å². The van der Waals surface area contributed by atoms with E-state index >= 15 is 0 Å². The van der Waals surface area contributed by atoms with E-state index in [1.54, 1.807) is 0 Å². The summed E-state index contributed by atoms with van der Waals surface area (Å²) in [6, 6.07) is 50.9. The highest BCUT2D eigenvalue weighted by molar-refractivity contribution is 6.14. The lowest BCUT2D eigenvalue weighted by Gasteiger charge is -2.20. The van der Waals surface area contributed by atoms with Crippen LogP contribution >= 0.6 is 0 Å². The van der Waals surface area contributed by atoms with E-state index < -0.39 is 0 Å². The molecule has 8 aromatic rings. The lowest BCUT2D eigenvalue weighted by atomic mass is 9.85. The largest absolute Gasteiger partial charge is 0.436 e. The third kappa shape index (κ3) is 5.40. The normalized spacial score (nSPS) is 12.1. The Labute approximate surface area is 274 Å². The topological polar surface area (TPSA) is 38.4 Å². The Hall–Kier alpha value is -5.80. The molecule has 0 fully saturated rings. The SMILES string of the molecule is CC(C)(C)c1cc(-c2ccc(-c3ccccc3)cc2)c2nc(-c3ccccc3N=Cc3cc4ccccc4c4ccccc34)oc2c1. The third-order valence-electron chi connectivity index (χ3n) is 8.94. The standard InChI is InChI=1S/C44H34N2O/c1-44(2,3)34-26-39(31-23-21-30(22-24-31)29-13-5-4-6-14-29)42-41(27-34)47-43(46-42)38-19-11-12-20-40(38)45-28-33-25-32-15-7-8-16-35(32)37-18-10-9-17-36(33)37/h4-28H,1-3H3. The first-order valence-corrected chi connectivity index (χ1v) is 16.1. The molecule has 0 aliphatic rings. The average Bonchev–Trinajstić information content (AvgIpc) is 3.55. The molecule has 0 bridgehead atoms. The Bertz CT molecular complexity index is 2430. The molecule has 226 valence electrons. The van der Waals surface area contributed by atoms with Gasteiger partial charge in [-0.3, -0.25) is 4.99 Å². The van der Waals surface area contributed by atoms with Gasteiger partial charge in [0, 0.05) is 17.3 Å². The molecule has 0 saturated carbocycles. The molecule has 7 aromatic carbocycles. The van der Waals surface area contributed by atoms with Crippen molar-refractivity contribution in [1.82, 2.24) is 4.98 Å². The van der Waals surface area contributed by atoms with Gasteiger partial charge in [-0.15, -0.1) is 0 Å². The van der Waals surface area contributed by atoms with Crippen LogP contribution in [0.2, 0.25) is 0 Å². The van der Waals surface area contributed by atoms with E-state index in [9.17, 15) is 0 Å². The molecule has 0 N–H and O–H groups in total. The Morgan fingerprint density at radius 1 is 0.574 bits per heavy atom. The van der Waals surface area contributed by atoms with E-state index in [-0.39, 0.29) is 5.41 Å². The highest BCUT2D eigenvalue weighted by Crippen LogP contribution is 2.39. The van der Waals surface area contributed by atoms with Gasteiger partial charge in [0.25, 0.3) is 0 Å². The van der Waals surface area contributed by atoms with Crippen LogP contribution in [-0.4, -0.2) is 11.2 Å². The first-order valence-electron chi connectivity index (χ1n) is 16.1. The zero-order valence-electron chi connectivity index (χ0n) is 26.7. The molecular formula is C44H34N2O. The van der Waals surface area contributed by atoms with Crippen molar-refractivity contribution in [3.63, 3.8) is 0 Å². The van der Waals surface area contributed by atoms with Crippen molar-refractivity contribution >= 4 is 44.5 Å². The van der Waals surface area contributed by atoms with Gasteiger partial charge >= 0.3 is 0 Å². The highest BCUT2D eigenvalue weighted by Gasteiger charge is 2.21. The van der Waals surface area contributed by atoms with E-state index in [1.165, 1.54) is 38.2 Å². The molecule has 0 atom stereocenters. The Morgan fingerprint density at radius 2 is 1.21 bits per heavy atom. The number of para-hydroxylation sites is 1. The van der Waals surface area contributed by atoms with E-state index in [1.807, 2.05) is 36.5 Å². The van der Waals surface area contributed by atoms with E-state index in [0.29, 0.717) is 5.89 Å². The first kappa shape index (κ1) is 28.7. The number of rotatable bonds is 5. The van der Waals surface area contributed by atoms with Gasteiger partial charge in [-0.1, -0.05) is 136 Å². The van der Waals surface area contributed by atoms with Crippen molar-refractivity contribution in [1.29, 1.82) is 0 Å². The van der Waals surface area contributed by atoms with Gasteiger partial charge in [-0.2, -0.15) is 0 Å². The van der Waals surface area contributed by atoms with Crippen LogP contribution in [0.4, 0.5) is 5.69 Å².